The van der Waals surface area contributed by atoms with Crippen molar-refractivity contribution in [1.82, 2.24) is 9.97 Å². The Morgan fingerprint density at radius 1 is 0.692 bits per heavy atom. The fourth-order valence-corrected chi connectivity index (χ4v) is 2.93. The average molecular weight is 348 g/mol. The molecular formula is C20H20N4O2. The van der Waals surface area contributed by atoms with Gasteiger partial charge >= 0.3 is 0 Å². The Morgan fingerprint density at radius 2 is 1.08 bits per heavy atom. The molecule has 0 bridgehead atoms. The van der Waals surface area contributed by atoms with Crippen LogP contribution in [0.5, 0.6) is 0 Å². The summed E-state index contributed by atoms with van der Waals surface area (Å²) >= 11 is 0. The number of amides is 2. The van der Waals surface area contributed by atoms with Gasteiger partial charge in [0.25, 0.3) is 0 Å². The van der Waals surface area contributed by atoms with Crippen molar-refractivity contribution >= 4 is 33.6 Å². The number of carbonyl (C=O) groups excluding carboxylic acids is 2. The highest BCUT2D eigenvalue weighted by atomic mass is 16.1. The topological polar surface area (TPSA) is 118 Å². The Hall–Kier alpha value is -3.54. The van der Waals surface area contributed by atoms with E-state index in [0.29, 0.717) is 12.8 Å². The first kappa shape index (κ1) is 17.3. The Kier molecular flexibility index (Phi) is 5.03. The van der Waals surface area contributed by atoms with Gasteiger partial charge in [0.15, 0.2) is 0 Å². The van der Waals surface area contributed by atoms with Crippen LogP contribution in [0.15, 0.2) is 60.9 Å². The molecule has 0 fully saturated rings. The molecule has 2 aromatic heterocycles. The third-order valence-electron chi connectivity index (χ3n) is 4.08. The van der Waals surface area contributed by atoms with Crippen LogP contribution in [0.2, 0.25) is 0 Å². The van der Waals surface area contributed by atoms with Gasteiger partial charge in [-0.15, -0.1) is 0 Å². The Labute approximate surface area is 150 Å². The highest BCUT2D eigenvalue weighted by Crippen LogP contribution is 2.18. The minimum Gasteiger partial charge on any atom is -0.369 e. The van der Waals surface area contributed by atoms with E-state index >= 15 is 0 Å². The minimum atomic E-state index is -0.301. The van der Waals surface area contributed by atoms with Crippen molar-refractivity contribution in [3.05, 3.63) is 72.1 Å². The Morgan fingerprint density at radius 3 is 1.46 bits per heavy atom. The zero-order valence-corrected chi connectivity index (χ0v) is 14.2. The molecule has 0 aliphatic rings. The summed E-state index contributed by atoms with van der Waals surface area (Å²) in [5.41, 5.74) is 14.2. The van der Waals surface area contributed by atoms with Gasteiger partial charge in [0.2, 0.25) is 11.8 Å². The number of para-hydroxylation sites is 2. The summed E-state index contributed by atoms with van der Waals surface area (Å²) in [4.78, 5) is 27.6. The summed E-state index contributed by atoms with van der Waals surface area (Å²) in [5, 5.41) is 2.14. The first-order valence-electron chi connectivity index (χ1n) is 8.21. The van der Waals surface area contributed by atoms with Crippen molar-refractivity contribution in [2.24, 2.45) is 11.5 Å². The molecule has 4 rings (SSSR count). The zero-order valence-electron chi connectivity index (χ0n) is 14.2. The average Bonchev–Trinajstić information content (AvgIpc) is 3.20. The largest absolute Gasteiger partial charge is 0.369 e. The van der Waals surface area contributed by atoms with E-state index in [0.717, 1.165) is 32.9 Å². The number of primary amides is 2. The molecule has 26 heavy (non-hydrogen) atoms. The molecule has 0 saturated heterocycles. The lowest BCUT2D eigenvalue weighted by Crippen LogP contribution is -2.13. The Bertz CT molecular complexity index is 976. The highest BCUT2D eigenvalue weighted by Gasteiger charge is 2.05. The molecule has 2 amide bonds. The lowest BCUT2D eigenvalue weighted by atomic mass is 10.1. The first-order valence-corrected chi connectivity index (χ1v) is 8.21. The van der Waals surface area contributed by atoms with Gasteiger partial charge in [0, 0.05) is 34.2 Å². The van der Waals surface area contributed by atoms with Crippen molar-refractivity contribution in [2.75, 3.05) is 0 Å². The number of fused-ring (bicyclic) bond motifs is 2. The van der Waals surface area contributed by atoms with Crippen LogP contribution in [0.1, 0.15) is 11.1 Å². The Balaban J connectivity index is 0.000000151. The number of rotatable bonds is 4. The molecule has 2 heterocycles. The van der Waals surface area contributed by atoms with Crippen LogP contribution in [-0.4, -0.2) is 21.8 Å². The van der Waals surface area contributed by atoms with Crippen LogP contribution in [0.25, 0.3) is 21.8 Å². The normalized spacial score (nSPS) is 10.5. The van der Waals surface area contributed by atoms with Gasteiger partial charge in [-0.1, -0.05) is 36.4 Å². The van der Waals surface area contributed by atoms with E-state index in [9.17, 15) is 9.59 Å². The third kappa shape index (κ3) is 3.92. The number of nitrogens with two attached hydrogens (primary N) is 2. The number of nitrogens with one attached hydrogen (secondary N) is 2. The molecule has 0 aliphatic heterocycles. The fraction of sp³-hybridized carbons (Fsp3) is 0.100. The third-order valence-corrected chi connectivity index (χ3v) is 4.08. The smallest absolute Gasteiger partial charge is 0.221 e. The molecule has 0 atom stereocenters. The van der Waals surface area contributed by atoms with Crippen LogP contribution in [0.4, 0.5) is 0 Å². The second-order valence-corrected chi connectivity index (χ2v) is 6.01. The van der Waals surface area contributed by atoms with E-state index in [-0.39, 0.29) is 11.8 Å². The predicted octanol–water partition coefficient (Wildman–Crippen LogP) is 2.39. The van der Waals surface area contributed by atoms with E-state index in [1.54, 1.807) is 0 Å². The summed E-state index contributed by atoms with van der Waals surface area (Å²) in [6.45, 7) is 0. The van der Waals surface area contributed by atoms with E-state index in [2.05, 4.69) is 9.97 Å². The summed E-state index contributed by atoms with van der Waals surface area (Å²) in [6.07, 6.45) is 4.25. The van der Waals surface area contributed by atoms with Gasteiger partial charge < -0.3 is 21.4 Å². The number of hydrogen-bond donors (Lipinski definition) is 4. The molecule has 132 valence electrons. The number of carbonyl (C=O) groups is 2. The molecular weight excluding hydrogens is 328 g/mol. The molecule has 0 radical (unpaired) electrons. The van der Waals surface area contributed by atoms with Crippen LogP contribution in [0, 0.1) is 0 Å². The molecule has 6 heteroatoms. The summed E-state index contributed by atoms with van der Waals surface area (Å²) in [6, 6.07) is 15.7. The number of H-pyrrole nitrogens is 2. The standard InChI is InChI=1S/2C10H10N2O/c2*11-10(13)5-7-6-12-9-4-2-1-3-8(7)9/h2*1-4,6,12H,5H2,(H2,11,13). The van der Waals surface area contributed by atoms with E-state index in [4.69, 9.17) is 11.5 Å². The van der Waals surface area contributed by atoms with Gasteiger partial charge in [0.05, 0.1) is 12.8 Å². The maximum atomic E-state index is 10.7. The van der Waals surface area contributed by atoms with Gasteiger partial charge in [0.1, 0.15) is 0 Å². The number of aromatic nitrogens is 2. The van der Waals surface area contributed by atoms with Crippen LogP contribution in [-0.2, 0) is 22.4 Å². The van der Waals surface area contributed by atoms with Crippen molar-refractivity contribution in [3.8, 4) is 0 Å². The van der Waals surface area contributed by atoms with Gasteiger partial charge in [-0.3, -0.25) is 9.59 Å². The molecule has 0 aliphatic carbocycles. The van der Waals surface area contributed by atoms with E-state index < -0.39 is 0 Å². The summed E-state index contributed by atoms with van der Waals surface area (Å²) in [5.74, 6) is -0.602. The van der Waals surface area contributed by atoms with Crippen LogP contribution >= 0.6 is 0 Å². The van der Waals surface area contributed by atoms with Crippen LogP contribution < -0.4 is 11.5 Å². The minimum absolute atomic E-state index is 0.296. The maximum absolute atomic E-state index is 10.7. The molecule has 6 nitrogen and oxygen atoms in total. The highest BCUT2D eigenvalue weighted by molar-refractivity contribution is 5.89. The van der Waals surface area contributed by atoms with Gasteiger partial charge in [-0.2, -0.15) is 0 Å². The van der Waals surface area contributed by atoms with E-state index in [1.807, 2.05) is 60.9 Å². The predicted molar refractivity (Wildman–Crippen MR) is 102 cm³/mol. The first-order chi connectivity index (χ1) is 12.5. The molecule has 4 aromatic rings. The molecule has 0 unspecified atom stereocenters. The van der Waals surface area contributed by atoms with Gasteiger partial charge in [-0.25, -0.2) is 0 Å². The van der Waals surface area contributed by atoms with Gasteiger partial charge in [-0.05, 0) is 23.3 Å². The molecule has 0 spiro atoms. The lowest BCUT2D eigenvalue weighted by Gasteiger charge is -1.93. The quantitative estimate of drug-likeness (QED) is 0.453. The van der Waals surface area contributed by atoms with Crippen molar-refractivity contribution < 1.29 is 9.59 Å². The fourth-order valence-electron chi connectivity index (χ4n) is 2.93. The van der Waals surface area contributed by atoms with Crippen LogP contribution in [0.3, 0.4) is 0 Å². The van der Waals surface area contributed by atoms with Crippen molar-refractivity contribution in [2.45, 2.75) is 12.8 Å². The summed E-state index contributed by atoms with van der Waals surface area (Å²) in [7, 11) is 0. The van der Waals surface area contributed by atoms with Crippen molar-refractivity contribution in [3.63, 3.8) is 0 Å². The SMILES string of the molecule is NC(=O)Cc1c[nH]c2ccccc12.NC(=O)Cc1c[nH]c2ccccc12. The maximum Gasteiger partial charge on any atom is 0.221 e. The molecule has 0 saturated carbocycles. The molecule has 6 N–H and O–H groups in total. The lowest BCUT2D eigenvalue weighted by molar-refractivity contribution is -0.118. The number of benzene rings is 2. The number of hydrogen-bond acceptors (Lipinski definition) is 2. The summed E-state index contributed by atoms with van der Waals surface area (Å²) < 4.78 is 0. The monoisotopic (exact) mass is 348 g/mol. The van der Waals surface area contributed by atoms with E-state index in [1.165, 1.54) is 0 Å². The number of aromatic amines is 2. The second kappa shape index (κ2) is 7.57. The second-order valence-electron chi connectivity index (χ2n) is 6.01. The zero-order chi connectivity index (χ0) is 18.5. The van der Waals surface area contributed by atoms with Crippen molar-refractivity contribution in [1.29, 1.82) is 0 Å². The molecule has 2 aromatic carbocycles.